The van der Waals surface area contributed by atoms with Crippen LogP contribution in [0.5, 0.6) is 11.5 Å². The topological polar surface area (TPSA) is 58.0 Å². The fourth-order valence-electron chi connectivity index (χ4n) is 3.44. The van der Waals surface area contributed by atoms with E-state index in [4.69, 9.17) is 21.3 Å². The molecule has 0 unspecified atom stereocenters. The maximum atomic E-state index is 10.2. The number of pyridine rings is 1. The van der Waals surface area contributed by atoms with Crippen LogP contribution in [-0.4, -0.2) is 39.1 Å². The molecule has 1 aromatic heterocycles. The quantitative estimate of drug-likeness (QED) is 0.722. The van der Waals surface area contributed by atoms with Crippen LogP contribution in [0, 0.1) is 0 Å². The van der Waals surface area contributed by atoms with Crippen molar-refractivity contribution in [3.05, 3.63) is 51.2 Å². The molecule has 4 rings (SSSR count). The van der Waals surface area contributed by atoms with Gasteiger partial charge < -0.3 is 14.7 Å². The van der Waals surface area contributed by atoms with E-state index in [1.807, 2.05) is 24.3 Å². The predicted molar refractivity (Wildman–Crippen MR) is 108 cm³/mol. The van der Waals surface area contributed by atoms with E-state index in [0.29, 0.717) is 15.5 Å². The molecule has 0 amide bonds. The van der Waals surface area contributed by atoms with Crippen molar-refractivity contribution in [1.29, 1.82) is 0 Å². The molecule has 2 aliphatic rings. The molecule has 5 nitrogen and oxygen atoms in total. The van der Waals surface area contributed by atoms with Crippen molar-refractivity contribution in [2.75, 3.05) is 13.7 Å². The number of aromatic nitrogens is 1. The number of ether oxygens (including phenoxy) is 1. The Balaban J connectivity index is 1.86. The molecule has 0 aliphatic carbocycles. The van der Waals surface area contributed by atoms with Gasteiger partial charge in [0.2, 0.25) is 0 Å². The van der Waals surface area contributed by atoms with E-state index in [-0.39, 0.29) is 22.9 Å². The van der Waals surface area contributed by atoms with Crippen molar-refractivity contribution in [1.82, 2.24) is 9.88 Å². The molecule has 26 heavy (non-hydrogen) atoms. The molecular formula is C18H17BrClN3O2S. The SMILES string of the molecule is COc1cc([C@@H]2[C@@H](c3ccccn3)N=C3S[C@H](C)CN32)c(Br)c(Cl)c1O. The lowest BCUT2D eigenvalue weighted by Gasteiger charge is -2.29. The number of nitrogens with zero attached hydrogens (tertiary/aromatic N) is 3. The molecule has 3 atom stereocenters. The minimum Gasteiger partial charge on any atom is -0.503 e. The smallest absolute Gasteiger partial charge is 0.177 e. The highest BCUT2D eigenvalue weighted by Crippen LogP contribution is 2.52. The van der Waals surface area contributed by atoms with Crippen LogP contribution in [0.25, 0.3) is 0 Å². The molecule has 8 heteroatoms. The van der Waals surface area contributed by atoms with Crippen molar-refractivity contribution in [3.8, 4) is 11.5 Å². The summed E-state index contributed by atoms with van der Waals surface area (Å²) in [7, 11) is 1.52. The lowest BCUT2D eigenvalue weighted by atomic mass is 9.96. The summed E-state index contributed by atoms with van der Waals surface area (Å²) in [5.74, 6) is 0.281. The minimum absolute atomic E-state index is 0.0671. The summed E-state index contributed by atoms with van der Waals surface area (Å²) >= 11 is 11.7. The van der Waals surface area contributed by atoms with Crippen LogP contribution in [0.3, 0.4) is 0 Å². The number of aromatic hydroxyl groups is 1. The number of fused-ring (bicyclic) bond motifs is 1. The maximum absolute atomic E-state index is 10.2. The predicted octanol–water partition coefficient (Wildman–Crippen LogP) is 4.80. The van der Waals surface area contributed by atoms with Gasteiger partial charge in [-0.3, -0.25) is 9.98 Å². The number of phenols is 1. The number of thioether (sulfide) groups is 1. The Labute approximate surface area is 169 Å². The number of benzene rings is 1. The zero-order valence-corrected chi connectivity index (χ0v) is 17.3. The zero-order valence-electron chi connectivity index (χ0n) is 14.2. The largest absolute Gasteiger partial charge is 0.503 e. The average molecular weight is 455 g/mol. The maximum Gasteiger partial charge on any atom is 0.177 e. The van der Waals surface area contributed by atoms with E-state index in [9.17, 15) is 5.11 Å². The summed E-state index contributed by atoms with van der Waals surface area (Å²) in [6.07, 6.45) is 1.78. The van der Waals surface area contributed by atoms with Gasteiger partial charge in [0.25, 0.3) is 0 Å². The normalized spacial score (nSPS) is 24.5. The lowest BCUT2D eigenvalue weighted by molar-refractivity contribution is 0.317. The standard InChI is InChI=1S/C18H17BrClN3O2S/c1-9-8-23-16(10-7-12(25-2)17(24)14(20)13(10)19)15(22-18(23)26-9)11-5-3-4-6-21-11/h3-7,9,15-16,24H,8H2,1-2H3/t9-,15-,16-/m1/s1. The Hall–Kier alpha value is -1.44. The number of aliphatic imine (C=N–C) groups is 1. The number of halogens is 2. The van der Waals surface area contributed by atoms with E-state index in [2.05, 4.69) is 32.7 Å². The number of hydrogen-bond acceptors (Lipinski definition) is 6. The summed E-state index contributed by atoms with van der Waals surface area (Å²) in [4.78, 5) is 11.8. The van der Waals surface area contributed by atoms with Crippen LogP contribution in [-0.2, 0) is 0 Å². The number of amidine groups is 1. The molecule has 136 valence electrons. The van der Waals surface area contributed by atoms with Crippen LogP contribution in [0.2, 0.25) is 5.02 Å². The van der Waals surface area contributed by atoms with Crippen LogP contribution in [0.1, 0.15) is 30.3 Å². The highest BCUT2D eigenvalue weighted by atomic mass is 79.9. The van der Waals surface area contributed by atoms with Crippen molar-refractivity contribution < 1.29 is 9.84 Å². The lowest BCUT2D eigenvalue weighted by Crippen LogP contribution is -2.29. The second-order valence-corrected chi connectivity index (χ2v) is 8.86. The summed E-state index contributed by atoms with van der Waals surface area (Å²) in [5.41, 5.74) is 1.83. The second-order valence-electron chi connectivity index (χ2n) is 6.28. The second kappa shape index (κ2) is 6.94. The molecule has 2 aromatic rings. The number of rotatable bonds is 3. The van der Waals surface area contributed by atoms with E-state index < -0.39 is 0 Å². The molecule has 1 N–H and O–H groups in total. The summed E-state index contributed by atoms with van der Waals surface area (Å²) in [6, 6.07) is 7.47. The van der Waals surface area contributed by atoms with Gasteiger partial charge in [0.15, 0.2) is 16.7 Å². The first-order valence-electron chi connectivity index (χ1n) is 8.18. The highest BCUT2D eigenvalue weighted by Gasteiger charge is 2.44. The van der Waals surface area contributed by atoms with E-state index in [0.717, 1.165) is 23.0 Å². The molecule has 3 heterocycles. The molecule has 0 saturated carbocycles. The number of hydrogen-bond donors (Lipinski definition) is 1. The Morgan fingerprint density at radius 3 is 2.92 bits per heavy atom. The third-order valence-corrected chi connectivity index (χ3v) is 7.15. The van der Waals surface area contributed by atoms with Crippen molar-refractivity contribution in [2.24, 2.45) is 4.99 Å². The molecule has 0 spiro atoms. The minimum atomic E-state index is -0.146. The Bertz CT molecular complexity index is 880. The first-order valence-corrected chi connectivity index (χ1v) is 10.2. The van der Waals surface area contributed by atoms with Crippen molar-refractivity contribution >= 4 is 44.5 Å². The first kappa shape index (κ1) is 17.9. The number of methoxy groups -OCH3 is 1. The number of phenolic OH excluding ortho intramolecular Hbond substituents is 1. The Morgan fingerprint density at radius 2 is 2.23 bits per heavy atom. The average Bonchev–Trinajstić information content (AvgIpc) is 3.17. The van der Waals surface area contributed by atoms with Crippen molar-refractivity contribution in [3.63, 3.8) is 0 Å². The molecule has 1 fully saturated rings. The first-order chi connectivity index (χ1) is 12.5. The fourth-order valence-corrected chi connectivity index (χ4v) is 5.27. The van der Waals surface area contributed by atoms with Gasteiger partial charge in [0.05, 0.1) is 18.8 Å². The molecule has 1 saturated heterocycles. The van der Waals surface area contributed by atoms with Crippen LogP contribution in [0.4, 0.5) is 0 Å². The molecule has 0 radical (unpaired) electrons. The summed E-state index contributed by atoms with van der Waals surface area (Å²) in [6.45, 7) is 3.09. The molecule has 0 bridgehead atoms. The van der Waals surface area contributed by atoms with Gasteiger partial charge in [0, 0.05) is 22.5 Å². The van der Waals surface area contributed by atoms with Crippen molar-refractivity contribution in [2.45, 2.75) is 24.3 Å². The van der Waals surface area contributed by atoms with Crippen LogP contribution < -0.4 is 4.74 Å². The molecule has 1 aromatic carbocycles. The highest BCUT2D eigenvalue weighted by molar-refractivity contribution is 9.10. The van der Waals surface area contributed by atoms with Gasteiger partial charge in [-0.25, -0.2) is 0 Å². The van der Waals surface area contributed by atoms with E-state index in [1.54, 1.807) is 18.0 Å². The Morgan fingerprint density at radius 1 is 1.42 bits per heavy atom. The van der Waals surface area contributed by atoms with Gasteiger partial charge >= 0.3 is 0 Å². The van der Waals surface area contributed by atoms with E-state index in [1.165, 1.54) is 7.11 Å². The van der Waals surface area contributed by atoms with Gasteiger partial charge in [-0.2, -0.15) is 0 Å². The third kappa shape index (κ3) is 2.86. The third-order valence-electron chi connectivity index (χ3n) is 4.59. The van der Waals surface area contributed by atoms with Crippen LogP contribution >= 0.6 is 39.3 Å². The monoisotopic (exact) mass is 453 g/mol. The summed E-state index contributed by atoms with van der Waals surface area (Å²) < 4.78 is 5.98. The summed E-state index contributed by atoms with van der Waals surface area (Å²) in [5, 5.41) is 11.9. The van der Waals surface area contributed by atoms with Gasteiger partial charge in [-0.15, -0.1) is 0 Å². The molecule has 2 aliphatic heterocycles. The van der Waals surface area contributed by atoms with Gasteiger partial charge in [0.1, 0.15) is 11.1 Å². The van der Waals surface area contributed by atoms with Gasteiger partial charge in [-0.1, -0.05) is 36.4 Å². The van der Waals surface area contributed by atoms with E-state index >= 15 is 0 Å². The van der Waals surface area contributed by atoms with Gasteiger partial charge in [-0.05, 0) is 39.7 Å². The molecular weight excluding hydrogens is 438 g/mol. The fraction of sp³-hybridized carbons (Fsp3) is 0.333. The zero-order chi connectivity index (χ0) is 18.4. The Kier molecular flexibility index (Phi) is 4.79. The van der Waals surface area contributed by atoms with Crippen LogP contribution in [0.15, 0.2) is 39.9 Å².